The van der Waals surface area contributed by atoms with Gasteiger partial charge in [0, 0.05) is 30.3 Å². The molecule has 4 rings (SSSR count). The van der Waals surface area contributed by atoms with Gasteiger partial charge >= 0.3 is 7.75 Å². The number of hydrogen-bond acceptors (Lipinski definition) is 5. The zero-order chi connectivity index (χ0) is 22.7. The van der Waals surface area contributed by atoms with Gasteiger partial charge < -0.3 is 9.30 Å². The van der Waals surface area contributed by atoms with Gasteiger partial charge in [0.25, 0.3) is 0 Å². The second-order valence-corrected chi connectivity index (χ2v) is 9.53. The quantitative estimate of drug-likeness (QED) is 0.372. The summed E-state index contributed by atoms with van der Waals surface area (Å²) in [5, 5.41) is 13.8. The van der Waals surface area contributed by atoms with Gasteiger partial charge in [0.15, 0.2) is 0 Å². The van der Waals surface area contributed by atoms with Crippen molar-refractivity contribution in [1.82, 2.24) is 4.57 Å². The van der Waals surface area contributed by atoms with Crippen LogP contribution in [0.2, 0.25) is 0 Å². The van der Waals surface area contributed by atoms with Crippen LogP contribution in [0.4, 0.5) is 5.69 Å². The predicted molar refractivity (Wildman–Crippen MR) is 126 cm³/mol. The number of hydrogen-bond donors (Lipinski definition) is 1. The van der Waals surface area contributed by atoms with Gasteiger partial charge in [-0.2, -0.15) is 5.26 Å². The summed E-state index contributed by atoms with van der Waals surface area (Å²) in [6, 6.07) is 16.2. The van der Waals surface area contributed by atoms with Crippen molar-refractivity contribution >= 4 is 24.3 Å². The summed E-state index contributed by atoms with van der Waals surface area (Å²) in [6.45, 7) is 4.59. The Morgan fingerprint density at radius 2 is 1.91 bits per heavy atom. The summed E-state index contributed by atoms with van der Waals surface area (Å²) in [5.41, 5.74) is 4.14. The second-order valence-electron chi connectivity index (χ2n) is 7.69. The highest BCUT2D eigenvalue weighted by Crippen LogP contribution is 2.47. The largest absolute Gasteiger partial charge is 0.494 e. The van der Waals surface area contributed by atoms with Crippen LogP contribution in [0.25, 0.3) is 22.2 Å². The van der Waals surface area contributed by atoms with Gasteiger partial charge in [0.05, 0.1) is 30.0 Å². The molecule has 7 nitrogen and oxygen atoms in total. The number of nitrogens with zero attached hydrogens (tertiary/aromatic N) is 2. The molecule has 1 aliphatic carbocycles. The van der Waals surface area contributed by atoms with Gasteiger partial charge in [-0.05, 0) is 62.9 Å². The van der Waals surface area contributed by atoms with Gasteiger partial charge in [-0.3, -0.25) is 14.1 Å². The third-order valence-electron chi connectivity index (χ3n) is 5.80. The monoisotopic (exact) mass is 453 g/mol. The molecule has 0 amide bonds. The zero-order valence-corrected chi connectivity index (χ0v) is 19.5. The Bertz CT molecular complexity index is 1190. The van der Waals surface area contributed by atoms with Crippen LogP contribution >= 0.6 is 7.75 Å². The highest BCUT2D eigenvalue weighted by Gasteiger charge is 2.28. The minimum atomic E-state index is -3.40. The van der Waals surface area contributed by atoms with E-state index in [-0.39, 0.29) is 6.61 Å². The van der Waals surface area contributed by atoms with E-state index in [9.17, 15) is 9.83 Å². The Labute approximate surface area is 188 Å². The molecule has 1 unspecified atom stereocenters. The number of aromatic nitrogens is 1. The van der Waals surface area contributed by atoms with Crippen molar-refractivity contribution < 1.29 is 18.3 Å². The molecule has 0 spiro atoms. The van der Waals surface area contributed by atoms with E-state index in [1.165, 1.54) is 13.5 Å². The molecule has 1 atom stereocenters. The fraction of sp³-hybridized carbons (Fsp3) is 0.375. The molecule has 0 saturated heterocycles. The van der Waals surface area contributed by atoms with Gasteiger partial charge in [-0.1, -0.05) is 12.1 Å². The van der Waals surface area contributed by atoms with Crippen molar-refractivity contribution in [2.24, 2.45) is 0 Å². The molecule has 1 aliphatic rings. The van der Waals surface area contributed by atoms with Crippen LogP contribution in [0.3, 0.4) is 0 Å². The molecule has 1 heterocycles. The van der Waals surface area contributed by atoms with Gasteiger partial charge in [0.1, 0.15) is 11.8 Å². The molecule has 2 aromatic carbocycles. The molecule has 1 N–H and O–H groups in total. The number of nitrogens with one attached hydrogen (secondary N) is 1. The van der Waals surface area contributed by atoms with E-state index in [0.717, 1.165) is 40.8 Å². The lowest BCUT2D eigenvalue weighted by atomic mass is 9.92. The first-order valence-electron chi connectivity index (χ1n) is 10.9. The highest BCUT2D eigenvalue weighted by atomic mass is 31.2. The predicted octanol–water partition coefficient (Wildman–Crippen LogP) is 6.51. The van der Waals surface area contributed by atoms with Crippen molar-refractivity contribution in [2.75, 3.05) is 25.4 Å². The lowest BCUT2D eigenvalue weighted by Gasteiger charge is -2.30. The van der Waals surface area contributed by atoms with E-state index >= 15 is 0 Å². The summed E-state index contributed by atoms with van der Waals surface area (Å²) >= 11 is 0. The smallest absolute Gasteiger partial charge is 0.432 e. The van der Waals surface area contributed by atoms with E-state index in [2.05, 4.69) is 15.7 Å². The van der Waals surface area contributed by atoms with Crippen LogP contribution < -0.4 is 9.82 Å². The second kappa shape index (κ2) is 9.38. The van der Waals surface area contributed by atoms with Crippen LogP contribution in [-0.4, -0.2) is 24.9 Å². The number of rotatable bonds is 9. The van der Waals surface area contributed by atoms with Crippen molar-refractivity contribution in [3.63, 3.8) is 0 Å². The van der Waals surface area contributed by atoms with E-state index < -0.39 is 7.75 Å². The molecule has 3 aromatic rings. The summed E-state index contributed by atoms with van der Waals surface area (Å²) < 4.78 is 30.9. The minimum Gasteiger partial charge on any atom is -0.494 e. The summed E-state index contributed by atoms with van der Waals surface area (Å²) in [5.74, 6) is 0.805. The Balaban J connectivity index is 1.80. The molecule has 8 heteroatoms. The van der Waals surface area contributed by atoms with Crippen LogP contribution in [0.1, 0.15) is 44.7 Å². The Kier molecular flexibility index (Phi) is 6.57. The van der Waals surface area contributed by atoms with Crippen LogP contribution in [-0.2, 0) is 13.6 Å². The molecule has 1 fully saturated rings. The molecular weight excluding hydrogens is 425 g/mol. The first-order chi connectivity index (χ1) is 15.5. The molecule has 0 bridgehead atoms. The molecule has 1 aromatic heterocycles. The van der Waals surface area contributed by atoms with E-state index in [1.807, 2.05) is 49.4 Å². The normalized spacial score (nSPS) is 15.7. The van der Waals surface area contributed by atoms with Crippen molar-refractivity contribution in [2.45, 2.75) is 39.2 Å². The lowest BCUT2D eigenvalue weighted by molar-refractivity contribution is 0.249. The van der Waals surface area contributed by atoms with Crippen molar-refractivity contribution in [3.8, 4) is 23.1 Å². The van der Waals surface area contributed by atoms with Crippen LogP contribution in [0.15, 0.2) is 42.5 Å². The fourth-order valence-corrected chi connectivity index (χ4v) is 5.20. The van der Waals surface area contributed by atoms with Crippen molar-refractivity contribution in [1.29, 1.82) is 5.26 Å². The van der Waals surface area contributed by atoms with Gasteiger partial charge in [-0.15, -0.1) is 0 Å². The molecule has 32 heavy (non-hydrogen) atoms. The SMILES string of the molecule is CCOc1ccc2c(C#N)c(-c3ccc(NP(=O)(OC)OCC)cc3)n(C3CCC3)c2c1. The van der Waals surface area contributed by atoms with E-state index in [1.54, 1.807) is 6.92 Å². The number of benzene rings is 2. The topological polar surface area (TPSA) is 85.5 Å². The van der Waals surface area contributed by atoms with Crippen molar-refractivity contribution in [3.05, 3.63) is 48.0 Å². The highest BCUT2D eigenvalue weighted by molar-refractivity contribution is 7.55. The third-order valence-corrected chi connectivity index (χ3v) is 7.41. The molecule has 0 radical (unpaired) electrons. The minimum absolute atomic E-state index is 0.271. The standard InChI is InChI=1S/C24H28N3O4P/c1-4-30-20-13-14-21-22(16-25)24(27(23(21)15-20)19-7-6-8-19)17-9-11-18(12-10-17)26-32(28,29-3)31-5-2/h9-15,19H,4-8H2,1-3H3,(H,26,28). The third kappa shape index (κ3) is 4.14. The Morgan fingerprint density at radius 1 is 1.16 bits per heavy atom. The number of ether oxygens (including phenoxy) is 1. The molecule has 1 saturated carbocycles. The summed E-state index contributed by atoms with van der Waals surface area (Å²) in [4.78, 5) is 0. The molecular formula is C24H28N3O4P. The average molecular weight is 453 g/mol. The zero-order valence-electron chi connectivity index (χ0n) is 18.6. The number of anilines is 1. The molecule has 168 valence electrons. The molecule has 0 aliphatic heterocycles. The van der Waals surface area contributed by atoms with Gasteiger partial charge in [-0.25, -0.2) is 4.57 Å². The average Bonchev–Trinajstić information content (AvgIpc) is 3.07. The maximum atomic E-state index is 12.6. The maximum Gasteiger partial charge on any atom is 0.432 e. The van der Waals surface area contributed by atoms with Gasteiger partial charge in [0.2, 0.25) is 0 Å². The lowest BCUT2D eigenvalue weighted by Crippen LogP contribution is -2.17. The first kappa shape index (κ1) is 22.4. The summed E-state index contributed by atoms with van der Waals surface area (Å²) in [7, 11) is -2.05. The summed E-state index contributed by atoms with van der Waals surface area (Å²) in [6.07, 6.45) is 3.36. The Morgan fingerprint density at radius 3 is 2.47 bits per heavy atom. The Hall–Kier alpha value is -2.78. The fourth-order valence-electron chi connectivity index (χ4n) is 4.13. The first-order valence-corrected chi connectivity index (χ1v) is 12.5. The number of fused-ring (bicyclic) bond motifs is 1. The van der Waals surface area contributed by atoms with Crippen LogP contribution in [0.5, 0.6) is 5.75 Å². The van der Waals surface area contributed by atoms with E-state index in [0.29, 0.717) is 23.9 Å². The maximum absolute atomic E-state index is 12.6. The number of nitriles is 1. The van der Waals surface area contributed by atoms with E-state index in [4.69, 9.17) is 13.8 Å². The van der Waals surface area contributed by atoms with Crippen LogP contribution in [0, 0.1) is 11.3 Å².